The molecule has 5 heteroatoms. The number of fused-ring (bicyclic) bond motifs is 1. The van der Waals surface area contributed by atoms with Crippen LogP contribution in [0, 0.1) is 0 Å². The quantitative estimate of drug-likeness (QED) is 0.416. The third-order valence-electron chi connectivity index (χ3n) is 4.06. The first-order chi connectivity index (χ1) is 11.7. The van der Waals surface area contributed by atoms with E-state index in [2.05, 4.69) is 41.2 Å². The molecule has 0 aliphatic rings. The number of nitrogens with one attached hydrogen (secondary N) is 1. The Kier molecular flexibility index (Phi) is 4.82. The van der Waals surface area contributed by atoms with Gasteiger partial charge in [-0.25, -0.2) is 5.84 Å². The number of rotatable bonds is 6. The Balaban J connectivity index is 1.98. The molecule has 3 rings (SSSR count). The highest BCUT2D eigenvalue weighted by atomic mass is 16.5. The number of nitrogens with zero attached hydrogens (tertiary/aromatic N) is 1. The van der Waals surface area contributed by atoms with E-state index in [0.29, 0.717) is 5.75 Å². The molecular weight excluding hydrogens is 302 g/mol. The average molecular weight is 323 g/mol. The van der Waals surface area contributed by atoms with Gasteiger partial charge in [0.15, 0.2) is 6.61 Å². The van der Waals surface area contributed by atoms with Gasteiger partial charge in [-0.3, -0.25) is 10.2 Å². The van der Waals surface area contributed by atoms with E-state index in [-0.39, 0.29) is 12.5 Å². The van der Waals surface area contributed by atoms with E-state index in [0.717, 1.165) is 23.9 Å². The van der Waals surface area contributed by atoms with Crippen molar-refractivity contribution in [2.45, 2.75) is 19.9 Å². The molecule has 124 valence electrons. The number of ether oxygens (including phenoxy) is 1. The summed E-state index contributed by atoms with van der Waals surface area (Å²) in [6, 6.07) is 18.4. The predicted octanol–water partition coefficient (Wildman–Crippen LogP) is 2.62. The van der Waals surface area contributed by atoms with Crippen LogP contribution in [0.1, 0.15) is 18.2 Å². The minimum Gasteiger partial charge on any atom is -0.483 e. The van der Waals surface area contributed by atoms with Crippen LogP contribution in [0.15, 0.2) is 54.6 Å². The number of hydrogen-bond acceptors (Lipinski definition) is 3. The van der Waals surface area contributed by atoms with Crippen molar-refractivity contribution < 1.29 is 9.53 Å². The molecule has 0 atom stereocenters. The first-order valence-electron chi connectivity index (χ1n) is 8.00. The zero-order valence-electron chi connectivity index (χ0n) is 13.7. The van der Waals surface area contributed by atoms with E-state index in [1.807, 2.05) is 30.3 Å². The third-order valence-corrected chi connectivity index (χ3v) is 4.06. The maximum Gasteiger partial charge on any atom is 0.271 e. The zero-order valence-corrected chi connectivity index (χ0v) is 13.7. The predicted molar refractivity (Wildman–Crippen MR) is 94.7 cm³/mol. The molecule has 5 nitrogen and oxygen atoms in total. The van der Waals surface area contributed by atoms with Crippen LogP contribution < -0.4 is 16.0 Å². The molecule has 0 aliphatic carbocycles. The Morgan fingerprint density at radius 2 is 1.96 bits per heavy atom. The van der Waals surface area contributed by atoms with Gasteiger partial charge in [-0.2, -0.15) is 0 Å². The fourth-order valence-corrected chi connectivity index (χ4v) is 2.87. The van der Waals surface area contributed by atoms with Gasteiger partial charge in [0.2, 0.25) is 0 Å². The molecule has 2 aromatic carbocycles. The van der Waals surface area contributed by atoms with Crippen LogP contribution in [0.3, 0.4) is 0 Å². The lowest BCUT2D eigenvalue weighted by Crippen LogP contribution is -2.34. The first kappa shape index (κ1) is 16.1. The molecule has 0 spiro atoms. The summed E-state index contributed by atoms with van der Waals surface area (Å²) >= 11 is 0. The second kappa shape index (κ2) is 7.19. The van der Waals surface area contributed by atoms with Crippen molar-refractivity contribution in [1.29, 1.82) is 0 Å². The molecule has 0 unspecified atom stereocenters. The molecule has 1 amide bonds. The van der Waals surface area contributed by atoms with E-state index < -0.39 is 0 Å². The van der Waals surface area contributed by atoms with Crippen molar-refractivity contribution in [3.8, 4) is 5.75 Å². The minimum absolute atomic E-state index is 0.0963. The van der Waals surface area contributed by atoms with E-state index in [9.17, 15) is 4.79 Å². The van der Waals surface area contributed by atoms with E-state index in [1.165, 1.54) is 11.3 Å². The number of hydrazine groups is 1. The van der Waals surface area contributed by atoms with Crippen molar-refractivity contribution in [3.05, 3.63) is 65.9 Å². The van der Waals surface area contributed by atoms with Gasteiger partial charge in [-0.1, -0.05) is 43.3 Å². The van der Waals surface area contributed by atoms with Gasteiger partial charge >= 0.3 is 0 Å². The van der Waals surface area contributed by atoms with Crippen molar-refractivity contribution in [2.24, 2.45) is 5.84 Å². The molecule has 0 aliphatic heterocycles. The number of hydrogen-bond donors (Lipinski definition) is 2. The summed E-state index contributed by atoms with van der Waals surface area (Å²) in [6.07, 6.45) is 0.921. The highest BCUT2D eigenvalue weighted by Gasteiger charge is 2.12. The van der Waals surface area contributed by atoms with Crippen LogP contribution in [0.25, 0.3) is 10.9 Å². The lowest BCUT2D eigenvalue weighted by Gasteiger charge is -2.11. The molecule has 3 aromatic rings. The van der Waals surface area contributed by atoms with E-state index in [4.69, 9.17) is 10.6 Å². The largest absolute Gasteiger partial charge is 0.483 e. The maximum atomic E-state index is 11.3. The smallest absolute Gasteiger partial charge is 0.271 e. The summed E-state index contributed by atoms with van der Waals surface area (Å²) < 4.78 is 7.92. The molecule has 1 aromatic heterocycles. The summed E-state index contributed by atoms with van der Waals surface area (Å²) in [5.74, 6) is 5.44. The molecule has 0 radical (unpaired) electrons. The number of aryl methyl sites for hydroxylation is 1. The van der Waals surface area contributed by atoms with Gasteiger partial charge < -0.3 is 9.30 Å². The normalized spacial score (nSPS) is 10.8. The molecule has 0 saturated carbocycles. The fraction of sp³-hybridized carbons (Fsp3) is 0.211. The van der Waals surface area contributed by atoms with E-state index >= 15 is 0 Å². The molecular formula is C19H21N3O2. The van der Waals surface area contributed by atoms with Gasteiger partial charge in [0.05, 0.1) is 5.52 Å². The summed E-state index contributed by atoms with van der Waals surface area (Å²) in [7, 11) is 0. The second-order valence-corrected chi connectivity index (χ2v) is 5.61. The lowest BCUT2D eigenvalue weighted by atomic mass is 10.2. The van der Waals surface area contributed by atoms with Gasteiger partial charge in [0, 0.05) is 17.6 Å². The Morgan fingerprint density at radius 3 is 2.67 bits per heavy atom. The molecule has 3 N–H and O–H groups in total. The SMILES string of the molecule is CCc1cc2c(OCC(=O)NN)cccc2n1Cc1ccccc1. The number of carbonyl (C=O) groups excluding carboxylic acids is 1. The van der Waals surface area contributed by atoms with Gasteiger partial charge in [-0.15, -0.1) is 0 Å². The number of nitrogens with two attached hydrogens (primary N) is 1. The van der Waals surface area contributed by atoms with Crippen molar-refractivity contribution in [3.63, 3.8) is 0 Å². The highest BCUT2D eigenvalue weighted by Crippen LogP contribution is 2.30. The van der Waals surface area contributed by atoms with Gasteiger partial charge in [-0.05, 0) is 30.2 Å². The van der Waals surface area contributed by atoms with Crippen molar-refractivity contribution in [1.82, 2.24) is 9.99 Å². The maximum absolute atomic E-state index is 11.3. The number of aromatic nitrogens is 1. The minimum atomic E-state index is -0.355. The second-order valence-electron chi connectivity index (χ2n) is 5.61. The molecule has 1 heterocycles. The number of benzene rings is 2. The summed E-state index contributed by atoms with van der Waals surface area (Å²) in [6.45, 7) is 2.85. The van der Waals surface area contributed by atoms with Crippen LogP contribution in [0.5, 0.6) is 5.75 Å². The third kappa shape index (κ3) is 3.26. The molecule has 24 heavy (non-hydrogen) atoms. The van der Waals surface area contributed by atoms with Crippen molar-refractivity contribution >= 4 is 16.8 Å². The van der Waals surface area contributed by atoms with Crippen LogP contribution >= 0.6 is 0 Å². The topological polar surface area (TPSA) is 69.3 Å². The fourth-order valence-electron chi connectivity index (χ4n) is 2.87. The number of amides is 1. The average Bonchev–Trinajstić information content (AvgIpc) is 2.98. The first-order valence-corrected chi connectivity index (χ1v) is 8.00. The lowest BCUT2D eigenvalue weighted by molar-refractivity contribution is -0.123. The van der Waals surface area contributed by atoms with Crippen LogP contribution in [-0.4, -0.2) is 17.1 Å². The molecule has 0 fully saturated rings. The van der Waals surface area contributed by atoms with Gasteiger partial charge in [0.25, 0.3) is 5.91 Å². The summed E-state index contributed by atoms with van der Waals surface area (Å²) in [5, 5.41) is 1.01. The Hall–Kier alpha value is -2.79. The number of carbonyl (C=O) groups is 1. The van der Waals surface area contributed by atoms with Crippen LogP contribution in [0.2, 0.25) is 0 Å². The standard InChI is InChI=1S/C19H21N3O2/c1-2-15-11-16-17(22(15)12-14-7-4-3-5-8-14)9-6-10-18(16)24-13-19(23)21-20/h3-11H,2,12-13,20H2,1H3,(H,21,23). The Morgan fingerprint density at radius 1 is 1.17 bits per heavy atom. The molecule has 0 saturated heterocycles. The summed E-state index contributed by atoms with van der Waals surface area (Å²) in [4.78, 5) is 11.3. The Labute approximate surface area is 141 Å². The van der Waals surface area contributed by atoms with Crippen LogP contribution in [-0.2, 0) is 17.8 Å². The Bertz CT molecular complexity index is 840. The summed E-state index contributed by atoms with van der Waals surface area (Å²) in [5.41, 5.74) is 5.65. The van der Waals surface area contributed by atoms with Gasteiger partial charge in [0.1, 0.15) is 5.75 Å². The monoisotopic (exact) mass is 323 g/mol. The molecule has 0 bridgehead atoms. The zero-order chi connectivity index (χ0) is 16.9. The van der Waals surface area contributed by atoms with E-state index in [1.54, 1.807) is 0 Å². The van der Waals surface area contributed by atoms with Crippen LogP contribution in [0.4, 0.5) is 0 Å². The highest BCUT2D eigenvalue weighted by molar-refractivity contribution is 5.88. The van der Waals surface area contributed by atoms with Crippen molar-refractivity contribution in [2.75, 3.05) is 6.61 Å².